The first-order chi connectivity index (χ1) is 6.15. The van der Waals surface area contributed by atoms with E-state index in [1.807, 2.05) is 0 Å². The molecule has 0 saturated heterocycles. The van der Waals surface area contributed by atoms with Crippen LogP contribution in [-0.2, 0) is 4.79 Å². The van der Waals surface area contributed by atoms with E-state index in [4.69, 9.17) is 28.9 Å². The van der Waals surface area contributed by atoms with Gasteiger partial charge in [-0.25, -0.2) is 0 Å². The summed E-state index contributed by atoms with van der Waals surface area (Å²) in [5, 5.41) is 0.878. The fourth-order valence-corrected chi connectivity index (χ4v) is 1.39. The minimum absolute atomic E-state index is 0.387. The number of anilines is 1. The average Bonchev–Trinajstić information content (AvgIpc) is 2.09. The SMILES string of the molecule is Nc1c(Cl)cc(Cl)cc1C=CC=O. The van der Waals surface area contributed by atoms with Crippen LogP contribution in [0.5, 0.6) is 0 Å². The zero-order valence-electron chi connectivity index (χ0n) is 6.63. The van der Waals surface area contributed by atoms with Crippen molar-refractivity contribution in [1.82, 2.24) is 0 Å². The number of halogens is 2. The number of hydrogen-bond donors (Lipinski definition) is 1. The molecule has 0 unspecified atom stereocenters. The van der Waals surface area contributed by atoms with E-state index in [1.54, 1.807) is 18.2 Å². The number of allylic oxidation sites excluding steroid dienone is 1. The van der Waals surface area contributed by atoms with Gasteiger partial charge in [-0.3, -0.25) is 4.79 Å². The third-order valence-electron chi connectivity index (χ3n) is 1.48. The van der Waals surface area contributed by atoms with Crippen LogP contribution in [-0.4, -0.2) is 6.29 Å². The van der Waals surface area contributed by atoms with Crippen LogP contribution in [0, 0.1) is 0 Å². The molecule has 0 atom stereocenters. The van der Waals surface area contributed by atoms with Crippen LogP contribution in [0.3, 0.4) is 0 Å². The number of carbonyl (C=O) groups is 1. The summed E-state index contributed by atoms with van der Waals surface area (Å²) in [6.45, 7) is 0. The van der Waals surface area contributed by atoms with Crippen LogP contribution in [0.4, 0.5) is 5.69 Å². The first-order valence-electron chi connectivity index (χ1n) is 3.51. The van der Waals surface area contributed by atoms with Gasteiger partial charge in [-0.05, 0) is 24.3 Å². The first kappa shape index (κ1) is 10.1. The summed E-state index contributed by atoms with van der Waals surface area (Å²) in [5.74, 6) is 0. The molecule has 0 spiro atoms. The molecule has 0 heterocycles. The minimum Gasteiger partial charge on any atom is -0.397 e. The van der Waals surface area contributed by atoms with Gasteiger partial charge in [0.2, 0.25) is 0 Å². The van der Waals surface area contributed by atoms with E-state index in [1.165, 1.54) is 6.08 Å². The number of aldehydes is 1. The van der Waals surface area contributed by atoms with Crippen LogP contribution in [0.15, 0.2) is 18.2 Å². The van der Waals surface area contributed by atoms with Crippen molar-refractivity contribution in [1.29, 1.82) is 0 Å². The largest absolute Gasteiger partial charge is 0.397 e. The molecule has 4 heteroatoms. The quantitative estimate of drug-likeness (QED) is 0.469. The summed E-state index contributed by atoms with van der Waals surface area (Å²) < 4.78 is 0. The molecule has 0 aliphatic heterocycles. The maximum absolute atomic E-state index is 10.1. The molecule has 0 fully saturated rings. The normalized spacial score (nSPS) is 10.6. The van der Waals surface area contributed by atoms with Crippen LogP contribution in [0.1, 0.15) is 5.56 Å². The van der Waals surface area contributed by atoms with Gasteiger partial charge in [0, 0.05) is 10.6 Å². The lowest BCUT2D eigenvalue weighted by Crippen LogP contribution is -1.90. The molecular formula is C9H7Cl2NO. The Morgan fingerprint density at radius 1 is 1.31 bits per heavy atom. The second-order valence-corrected chi connectivity index (χ2v) is 3.23. The number of benzene rings is 1. The minimum atomic E-state index is 0.387. The molecule has 0 aromatic heterocycles. The Balaban J connectivity index is 3.19. The zero-order valence-corrected chi connectivity index (χ0v) is 8.14. The lowest BCUT2D eigenvalue weighted by atomic mass is 10.1. The van der Waals surface area contributed by atoms with E-state index < -0.39 is 0 Å². The molecule has 13 heavy (non-hydrogen) atoms. The second-order valence-electron chi connectivity index (χ2n) is 2.39. The molecule has 2 nitrogen and oxygen atoms in total. The summed E-state index contributed by atoms with van der Waals surface area (Å²) in [6.07, 6.45) is 3.55. The molecule has 0 bridgehead atoms. The molecule has 1 rings (SSSR count). The van der Waals surface area contributed by atoms with Crippen LogP contribution < -0.4 is 5.73 Å². The number of nitrogen functional groups attached to an aromatic ring is 1. The van der Waals surface area contributed by atoms with Crippen LogP contribution in [0.2, 0.25) is 10.0 Å². The molecule has 0 aliphatic carbocycles. The topological polar surface area (TPSA) is 43.1 Å². The molecule has 1 aromatic rings. The van der Waals surface area contributed by atoms with Crippen molar-refractivity contribution in [2.45, 2.75) is 0 Å². The number of nitrogens with two attached hydrogens (primary N) is 1. The first-order valence-corrected chi connectivity index (χ1v) is 4.27. The summed E-state index contributed by atoms with van der Waals surface area (Å²) in [4.78, 5) is 10.1. The maximum Gasteiger partial charge on any atom is 0.142 e. The highest BCUT2D eigenvalue weighted by atomic mass is 35.5. The summed E-state index contributed by atoms with van der Waals surface area (Å²) in [5.41, 5.74) is 6.70. The van der Waals surface area contributed by atoms with E-state index in [2.05, 4.69) is 0 Å². The zero-order chi connectivity index (χ0) is 9.84. The van der Waals surface area contributed by atoms with Crippen molar-refractivity contribution >= 4 is 41.3 Å². The fraction of sp³-hybridized carbons (Fsp3) is 0. The smallest absolute Gasteiger partial charge is 0.142 e. The Hall–Kier alpha value is -0.990. The van der Waals surface area contributed by atoms with Gasteiger partial charge >= 0.3 is 0 Å². The monoisotopic (exact) mass is 215 g/mol. The van der Waals surface area contributed by atoms with Crippen LogP contribution >= 0.6 is 23.2 Å². The summed E-state index contributed by atoms with van der Waals surface area (Å²) in [6, 6.07) is 3.19. The summed E-state index contributed by atoms with van der Waals surface area (Å²) >= 11 is 11.5. The van der Waals surface area contributed by atoms with Gasteiger partial charge in [0.25, 0.3) is 0 Å². The highest BCUT2D eigenvalue weighted by molar-refractivity contribution is 6.36. The van der Waals surface area contributed by atoms with E-state index in [0.29, 0.717) is 27.6 Å². The predicted octanol–water partition coefficient (Wildman–Crippen LogP) is 2.79. The standard InChI is InChI=1S/C9H7Cl2NO/c10-7-4-6(2-1-3-13)9(12)8(11)5-7/h1-5H,12H2. The van der Waals surface area contributed by atoms with Crippen molar-refractivity contribution in [3.8, 4) is 0 Å². The Bertz CT molecular complexity index is 361. The number of hydrogen-bond acceptors (Lipinski definition) is 2. The Morgan fingerprint density at radius 3 is 2.62 bits per heavy atom. The number of carbonyl (C=O) groups excluding carboxylic acids is 1. The van der Waals surface area contributed by atoms with E-state index in [0.717, 1.165) is 0 Å². The lowest BCUT2D eigenvalue weighted by molar-refractivity contribution is -0.104. The van der Waals surface area contributed by atoms with Gasteiger partial charge in [0.05, 0.1) is 10.7 Å². The Labute approximate surface area is 85.9 Å². The van der Waals surface area contributed by atoms with Gasteiger partial charge in [-0.2, -0.15) is 0 Å². The third kappa shape index (κ3) is 2.47. The lowest BCUT2D eigenvalue weighted by Gasteiger charge is -2.03. The highest BCUT2D eigenvalue weighted by Crippen LogP contribution is 2.28. The van der Waals surface area contributed by atoms with E-state index in [-0.39, 0.29) is 0 Å². The third-order valence-corrected chi connectivity index (χ3v) is 2.01. The van der Waals surface area contributed by atoms with Crippen molar-refractivity contribution in [2.24, 2.45) is 0 Å². The van der Waals surface area contributed by atoms with Crippen LogP contribution in [0.25, 0.3) is 6.08 Å². The van der Waals surface area contributed by atoms with Gasteiger partial charge in [-0.15, -0.1) is 0 Å². The molecule has 0 amide bonds. The van der Waals surface area contributed by atoms with E-state index >= 15 is 0 Å². The van der Waals surface area contributed by atoms with Gasteiger partial charge in [0.1, 0.15) is 6.29 Å². The van der Waals surface area contributed by atoms with Gasteiger partial charge in [-0.1, -0.05) is 23.2 Å². The van der Waals surface area contributed by atoms with Crippen molar-refractivity contribution in [3.05, 3.63) is 33.8 Å². The second kappa shape index (κ2) is 4.30. The van der Waals surface area contributed by atoms with Crippen molar-refractivity contribution in [2.75, 3.05) is 5.73 Å². The maximum atomic E-state index is 10.1. The Kier molecular flexibility index (Phi) is 3.34. The molecule has 1 aromatic carbocycles. The highest BCUT2D eigenvalue weighted by Gasteiger charge is 2.02. The molecule has 2 N–H and O–H groups in total. The van der Waals surface area contributed by atoms with Crippen molar-refractivity contribution in [3.63, 3.8) is 0 Å². The Morgan fingerprint density at radius 2 is 2.00 bits per heavy atom. The molecule has 0 aliphatic rings. The average molecular weight is 216 g/mol. The van der Waals surface area contributed by atoms with E-state index in [9.17, 15) is 4.79 Å². The van der Waals surface area contributed by atoms with Crippen molar-refractivity contribution < 1.29 is 4.79 Å². The molecule has 0 saturated carbocycles. The van der Waals surface area contributed by atoms with Gasteiger partial charge in [0.15, 0.2) is 0 Å². The predicted molar refractivity (Wildman–Crippen MR) is 56.0 cm³/mol. The van der Waals surface area contributed by atoms with Gasteiger partial charge < -0.3 is 5.73 Å². The summed E-state index contributed by atoms with van der Waals surface area (Å²) in [7, 11) is 0. The molecule has 68 valence electrons. The molecule has 0 radical (unpaired) electrons. The molecular weight excluding hydrogens is 209 g/mol. The number of rotatable bonds is 2. The fourth-order valence-electron chi connectivity index (χ4n) is 0.886.